The van der Waals surface area contributed by atoms with E-state index in [1.54, 1.807) is 4.57 Å². The summed E-state index contributed by atoms with van der Waals surface area (Å²) >= 11 is 5.07. The van der Waals surface area contributed by atoms with Gasteiger partial charge in [-0.15, -0.1) is 0 Å². The third-order valence-corrected chi connectivity index (χ3v) is 2.52. The zero-order valence-electron chi connectivity index (χ0n) is 8.29. The number of nitrogens with zero attached hydrogens (tertiary/aromatic N) is 3. The van der Waals surface area contributed by atoms with Gasteiger partial charge >= 0.3 is 0 Å². The third kappa shape index (κ3) is 1.77. The quantitative estimate of drug-likeness (QED) is 0.535. The molecule has 5 N–H and O–H groups in total. The number of aliphatic hydroxyl groups excluding tert-OH is 2. The summed E-state index contributed by atoms with van der Waals surface area (Å²) in [5, 5.41) is 18.2. The Labute approximate surface area is 95.6 Å². The maximum atomic E-state index is 9.38. The standard InChI is InChI=1S/C8H11N5O2S/c9-6-5-7(11-3-10-6)13(8(16)12-5)1-4(15)2-14/h3-4,14-15H,1-2H2,(H,12,16)(H2,9,10,11)/t4-/m0/s1. The molecule has 2 aromatic heterocycles. The molecule has 0 saturated carbocycles. The first kappa shape index (κ1) is 11.0. The Morgan fingerprint density at radius 3 is 3.00 bits per heavy atom. The number of imidazole rings is 1. The maximum Gasteiger partial charge on any atom is 0.179 e. The van der Waals surface area contributed by atoms with Crippen LogP contribution in [0.1, 0.15) is 0 Å². The Bertz CT molecular complexity index is 563. The van der Waals surface area contributed by atoms with Gasteiger partial charge in [0.1, 0.15) is 11.8 Å². The number of nitrogen functional groups attached to an aromatic ring is 1. The molecule has 7 nitrogen and oxygen atoms in total. The average molecular weight is 241 g/mol. The average Bonchev–Trinajstić information content (AvgIpc) is 2.58. The Hall–Kier alpha value is -1.51. The number of hydrogen-bond acceptors (Lipinski definition) is 6. The van der Waals surface area contributed by atoms with E-state index in [0.717, 1.165) is 0 Å². The van der Waals surface area contributed by atoms with Crippen molar-refractivity contribution in [3.05, 3.63) is 11.1 Å². The van der Waals surface area contributed by atoms with Crippen molar-refractivity contribution < 1.29 is 10.2 Å². The Morgan fingerprint density at radius 2 is 2.31 bits per heavy atom. The first-order valence-electron chi connectivity index (χ1n) is 4.61. The number of nitrogens with one attached hydrogen (secondary N) is 1. The molecule has 0 spiro atoms. The highest BCUT2D eigenvalue weighted by Gasteiger charge is 2.11. The van der Waals surface area contributed by atoms with Gasteiger partial charge in [-0.1, -0.05) is 0 Å². The molecule has 0 unspecified atom stereocenters. The van der Waals surface area contributed by atoms with E-state index < -0.39 is 6.10 Å². The fraction of sp³-hybridized carbons (Fsp3) is 0.375. The normalized spacial score (nSPS) is 13.1. The topological polar surface area (TPSA) is 113 Å². The van der Waals surface area contributed by atoms with Crippen LogP contribution in [0.5, 0.6) is 0 Å². The Morgan fingerprint density at radius 1 is 1.56 bits per heavy atom. The number of nitrogens with two attached hydrogens (primary N) is 1. The van der Waals surface area contributed by atoms with Crippen LogP contribution < -0.4 is 5.73 Å². The molecule has 2 aromatic rings. The zero-order valence-corrected chi connectivity index (χ0v) is 9.11. The Kier molecular flexibility index (Phi) is 2.86. The van der Waals surface area contributed by atoms with Crippen LogP contribution in [-0.2, 0) is 6.54 Å². The summed E-state index contributed by atoms with van der Waals surface area (Å²) in [4.78, 5) is 10.7. The summed E-state index contributed by atoms with van der Waals surface area (Å²) in [5.74, 6) is 0.299. The molecule has 0 bridgehead atoms. The van der Waals surface area contributed by atoms with Gasteiger partial charge in [0.05, 0.1) is 19.3 Å². The van der Waals surface area contributed by atoms with Gasteiger partial charge < -0.3 is 20.9 Å². The molecule has 8 heteroatoms. The first-order chi connectivity index (χ1) is 7.63. The van der Waals surface area contributed by atoms with Gasteiger partial charge in [-0.3, -0.25) is 4.57 Å². The number of rotatable bonds is 3. The maximum absolute atomic E-state index is 9.38. The predicted molar refractivity (Wildman–Crippen MR) is 60.2 cm³/mol. The van der Waals surface area contributed by atoms with Gasteiger partial charge in [0.2, 0.25) is 0 Å². The van der Waals surface area contributed by atoms with Gasteiger partial charge in [0.15, 0.2) is 16.2 Å². The molecule has 16 heavy (non-hydrogen) atoms. The molecule has 0 amide bonds. The van der Waals surface area contributed by atoms with Crippen molar-refractivity contribution in [2.75, 3.05) is 12.3 Å². The Balaban J connectivity index is 2.57. The smallest absolute Gasteiger partial charge is 0.179 e. The van der Waals surface area contributed by atoms with E-state index in [-0.39, 0.29) is 13.2 Å². The van der Waals surface area contributed by atoms with E-state index >= 15 is 0 Å². The molecule has 2 heterocycles. The molecule has 0 saturated heterocycles. The summed E-state index contributed by atoms with van der Waals surface area (Å²) in [6, 6.07) is 0. The monoisotopic (exact) mass is 241 g/mol. The number of aromatic nitrogens is 4. The summed E-state index contributed by atoms with van der Waals surface area (Å²) in [7, 11) is 0. The van der Waals surface area contributed by atoms with Crippen molar-refractivity contribution in [3.8, 4) is 0 Å². The molecule has 0 aromatic carbocycles. The fourth-order valence-electron chi connectivity index (χ4n) is 1.42. The minimum Gasteiger partial charge on any atom is -0.394 e. The van der Waals surface area contributed by atoms with Crippen LogP contribution in [0.2, 0.25) is 0 Å². The molecule has 0 aliphatic heterocycles. The molecule has 0 radical (unpaired) electrons. The number of aliphatic hydroxyl groups is 2. The molecule has 0 aliphatic carbocycles. The molecule has 2 rings (SSSR count). The molecule has 86 valence electrons. The summed E-state index contributed by atoms with van der Waals surface area (Å²) < 4.78 is 1.96. The summed E-state index contributed by atoms with van der Waals surface area (Å²) in [5.41, 5.74) is 6.71. The zero-order chi connectivity index (χ0) is 11.7. The van der Waals surface area contributed by atoms with Crippen molar-refractivity contribution in [1.82, 2.24) is 19.5 Å². The minimum absolute atomic E-state index is 0.159. The van der Waals surface area contributed by atoms with Gasteiger partial charge in [0.25, 0.3) is 0 Å². The van der Waals surface area contributed by atoms with Gasteiger partial charge in [-0.05, 0) is 12.2 Å². The van der Waals surface area contributed by atoms with E-state index in [1.165, 1.54) is 6.33 Å². The number of fused-ring (bicyclic) bond motifs is 1. The number of aromatic amines is 1. The predicted octanol–water partition coefficient (Wildman–Crippen LogP) is -0.576. The number of hydrogen-bond donors (Lipinski definition) is 4. The molecular formula is C8H11N5O2S. The van der Waals surface area contributed by atoms with Crippen LogP contribution >= 0.6 is 12.2 Å². The van der Waals surface area contributed by atoms with E-state index in [9.17, 15) is 5.11 Å². The molecule has 1 atom stereocenters. The second kappa shape index (κ2) is 4.16. The van der Waals surface area contributed by atoms with Gasteiger partial charge in [0, 0.05) is 0 Å². The highest BCUT2D eigenvalue weighted by atomic mass is 32.1. The summed E-state index contributed by atoms with van der Waals surface area (Å²) in [6.07, 6.45) is 0.434. The molecule has 0 aliphatic rings. The fourth-order valence-corrected chi connectivity index (χ4v) is 1.69. The molecular weight excluding hydrogens is 230 g/mol. The lowest BCUT2D eigenvalue weighted by molar-refractivity contribution is 0.0817. The van der Waals surface area contributed by atoms with Gasteiger partial charge in [-0.25, -0.2) is 9.97 Å². The van der Waals surface area contributed by atoms with E-state index in [0.29, 0.717) is 21.8 Å². The minimum atomic E-state index is -0.887. The number of anilines is 1. The SMILES string of the molecule is Nc1ncnc2c1[nH]c(=S)n2C[C@H](O)CO. The highest BCUT2D eigenvalue weighted by Crippen LogP contribution is 2.15. The van der Waals surface area contributed by atoms with Crippen LogP contribution in [0.3, 0.4) is 0 Å². The lowest BCUT2D eigenvalue weighted by Gasteiger charge is -2.08. The lowest BCUT2D eigenvalue weighted by Crippen LogP contribution is -2.20. The van der Waals surface area contributed by atoms with Crippen molar-refractivity contribution in [3.63, 3.8) is 0 Å². The van der Waals surface area contributed by atoms with E-state index in [4.69, 9.17) is 23.1 Å². The van der Waals surface area contributed by atoms with Crippen molar-refractivity contribution in [1.29, 1.82) is 0 Å². The lowest BCUT2D eigenvalue weighted by atomic mass is 10.4. The largest absolute Gasteiger partial charge is 0.394 e. The van der Waals surface area contributed by atoms with Crippen molar-refractivity contribution >= 4 is 29.2 Å². The van der Waals surface area contributed by atoms with Crippen LogP contribution in [0.25, 0.3) is 11.2 Å². The van der Waals surface area contributed by atoms with Crippen LogP contribution in [0.15, 0.2) is 6.33 Å². The van der Waals surface area contributed by atoms with Crippen molar-refractivity contribution in [2.24, 2.45) is 0 Å². The first-order valence-corrected chi connectivity index (χ1v) is 5.02. The summed E-state index contributed by atoms with van der Waals surface area (Å²) in [6.45, 7) is -0.180. The van der Waals surface area contributed by atoms with E-state index in [2.05, 4.69) is 15.0 Å². The van der Waals surface area contributed by atoms with Gasteiger partial charge in [-0.2, -0.15) is 0 Å². The highest BCUT2D eigenvalue weighted by molar-refractivity contribution is 7.71. The van der Waals surface area contributed by atoms with Crippen LogP contribution in [0, 0.1) is 4.77 Å². The second-order valence-corrected chi connectivity index (χ2v) is 3.72. The molecule has 0 fully saturated rings. The van der Waals surface area contributed by atoms with E-state index in [1.807, 2.05) is 0 Å². The second-order valence-electron chi connectivity index (χ2n) is 3.33. The van der Waals surface area contributed by atoms with Crippen LogP contribution in [-0.4, -0.2) is 42.4 Å². The van der Waals surface area contributed by atoms with Crippen LogP contribution in [0.4, 0.5) is 5.82 Å². The van der Waals surface area contributed by atoms with Crippen molar-refractivity contribution in [2.45, 2.75) is 12.6 Å². The number of H-pyrrole nitrogens is 1. The third-order valence-electron chi connectivity index (χ3n) is 2.19.